The summed E-state index contributed by atoms with van der Waals surface area (Å²) in [6, 6.07) is 0. The van der Waals surface area contributed by atoms with Gasteiger partial charge in [0, 0.05) is 0 Å². The first-order chi connectivity index (χ1) is 5.91. The summed E-state index contributed by atoms with van der Waals surface area (Å²) < 4.78 is 1.42. The molecule has 0 unspecified atom stereocenters. The van der Waals surface area contributed by atoms with Crippen molar-refractivity contribution >= 4 is 23.0 Å². The monoisotopic (exact) mass is 276 g/mol. The van der Waals surface area contributed by atoms with Crippen molar-refractivity contribution in [2.45, 2.75) is 69.1 Å². The molecule has 72 valence electrons. The fraction of sp³-hybridized carbons (Fsp3) is 1.00. The summed E-state index contributed by atoms with van der Waals surface area (Å²) >= 11 is 1.97. The fourth-order valence-electron chi connectivity index (χ4n) is 1.42. The van der Waals surface area contributed by atoms with Gasteiger partial charge in [-0.05, 0) is 0 Å². The average molecular weight is 277 g/mol. The Balaban J connectivity index is 2.73. The summed E-state index contributed by atoms with van der Waals surface area (Å²) in [5.74, 6) is 0. The van der Waals surface area contributed by atoms with E-state index in [4.69, 9.17) is 0 Å². The predicted molar refractivity (Wildman–Crippen MR) is 57.8 cm³/mol. The van der Waals surface area contributed by atoms with E-state index in [-0.39, 0.29) is 0 Å². The van der Waals surface area contributed by atoms with Crippen LogP contribution >= 0.6 is 0 Å². The van der Waals surface area contributed by atoms with E-state index in [9.17, 15) is 0 Å². The van der Waals surface area contributed by atoms with E-state index in [1.165, 1.54) is 62.2 Å². The molecule has 0 aromatic heterocycles. The summed E-state index contributed by atoms with van der Waals surface area (Å²) in [6.07, 6.45) is 13.1. The van der Waals surface area contributed by atoms with E-state index in [2.05, 4.69) is 6.92 Å². The van der Waals surface area contributed by atoms with Crippen LogP contribution in [0.3, 0.4) is 0 Å². The normalized spacial score (nSPS) is 10.5. The third-order valence-corrected chi connectivity index (χ3v) is 3.16. The number of unbranched alkanes of at least 4 members (excludes halogenated alkanes) is 8. The summed E-state index contributed by atoms with van der Waals surface area (Å²) in [6.45, 7) is 2.28. The molecule has 0 rings (SSSR count). The van der Waals surface area contributed by atoms with Gasteiger partial charge < -0.3 is 0 Å². The maximum absolute atomic E-state index is 2.28. The summed E-state index contributed by atoms with van der Waals surface area (Å²) in [5, 5.41) is 0. The Labute approximate surface area is 92.0 Å². The molecule has 2 radical (unpaired) electrons. The topological polar surface area (TPSA) is 0 Å². The molecule has 0 heterocycles. The van der Waals surface area contributed by atoms with E-state index < -0.39 is 0 Å². The van der Waals surface area contributed by atoms with Gasteiger partial charge in [-0.25, -0.2) is 0 Å². The Morgan fingerprint density at radius 2 is 1.08 bits per heavy atom. The molecule has 0 aliphatic carbocycles. The van der Waals surface area contributed by atoms with Crippen LogP contribution < -0.4 is 0 Å². The molecule has 12 heavy (non-hydrogen) atoms. The molecule has 0 aliphatic rings. The molecule has 0 bridgehead atoms. The first-order valence-electron chi connectivity index (χ1n) is 5.52. The first kappa shape index (κ1) is 12.8. The molecule has 0 nitrogen and oxygen atoms in total. The van der Waals surface area contributed by atoms with Crippen LogP contribution in [-0.4, -0.2) is 23.0 Å². The quantitative estimate of drug-likeness (QED) is 0.439. The van der Waals surface area contributed by atoms with Crippen molar-refractivity contribution < 1.29 is 0 Å². The maximum atomic E-state index is 2.28. The van der Waals surface area contributed by atoms with Gasteiger partial charge in [-0.2, -0.15) is 0 Å². The Bertz CT molecular complexity index is 61.4. The molecular formula is C11H23Sb. The van der Waals surface area contributed by atoms with E-state index in [1.54, 1.807) is 0 Å². The molecule has 0 saturated carbocycles. The van der Waals surface area contributed by atoms with E-state index in [0.717, 1.165) is 0 Å². The Hall–Kier alpha value is 0.818. The second-order valence-electron chi connectivity index (χ2n) is 3.55. The van der Waals surface area contributed by atoms with Crippen LogP contribution in [0.25, 0.3) is 0 Å². The third-order valence-electron chi connectivity index (χ3n) is 2.26. The van der Waals surface area contributed by atoms with Crippen LogP contribution in [-0.2, 0) is 0 Å². The zero-order valence-electron chi connectivity index (χ0n) is 8.52. The molecule has 0 atom stereocenters. The van der Waals surface area contributed by atoms with Gasteiger partial charge in [-0.1, -0.05) is 0 Å². The summed E-state index contributed by atoms with van der Waals surface area (Å²) in [4.78, 5) is 0. The van der Waals surface area contributed by atoms with Crippen LogP contribution in [0.15, 0.2) is 0 Å². The molecule has 0 amide bonds. The van der Waals surface area contributed by atoms with Crippen molar-refractivity contribution in [1.29, 1.82) is 0 Å². The third kappa shape index (κ3) is 10.8. The van der Waals surface area contributed by atoms with Crippen molar-refractivity contribution in [2.75, 3.05) is 0 Å². The second kappa shape index (κ2) is 11.8. The fourth-order valence-corrected chi connectivity index (χ4v) is 2.06. The molecular weight excluding hydrogens is 254 g/mol. The van der Waals surface area contributed by atoms with Gasteiger partial charge in [-0.15, -0.1) is 0 Å². The van der Waals surface area contributed by atoms with Crippen LogP contribution in [0.4, 0.5) is 0 Å². The van der Waals surface area contributed by atoms with Gasteiger partial charge in [-0.3, -0.25) is 0 Å². The molecule has 0 aromatic carbocycles. The first-order valence-corrected chi connectivity index (χ1v) is 7.33. The molecule has 0 N–H and O–H groups in total. The van der Waals surface area contributed by atoms with Crippen molar-refractivity contribution in [3.05, 3.63) is 0 Å². The van der Waals surface area contributed by atoms with Crippen LogP contribution in [0.2, 0.25) is 4.37 Å². The zero-order valence-corrected chi connectivity index (χ0v) is 11.1. The molecule has 1 heteroatoms. The number of hydrogen-bond acceptors (Lipinski definition) is 0. The Morgan fingerprint density at radius 3 is 1.50 bits per heavy atom. The standard InChI is InChI=1S/C11H23.Sb/c1-3-5-7-9-11-10-8-6-4-2;/h1,3-11H2,2H3;. The number of rotatable bonds is 9. The van der Waals surface area contributed by atoms with E-state index in [1.807, 2.05) is 23.0 Å². The van der Waals surface area contributed by atoms with Gasteiger partial charge >= 0.3 is 92.1 Å². The van der Waals surface area contributed by atoms with Gasteiger partial charge in [0.05, 0.1) is 0 Å². The molecule has 0 fully saturated rings. The van der Waals surface area contributed by atoms with Gasteiger partial charge in [0.15, 0.2) is 0 Å². The minimum absolute atomic E-state index is 1.37. The van der Waals surface area contributed by atoms with Gasteiger partial charge in [0.2, 0.25) is 0 Å². The molecule has 0 aliphatic heterocycles. The summed E-state index contributed by atoms with van der Waals surface area (Å²) in [7, 11) is 0. The van der Waals surface area contributed by atoms with Gasteiger partial charge in [0.1, 0.15) is 0 Å². The van der Waals surface area contributed by atoms with Crippen LogP contribution in [0.5, 0.6) is 0 Å². The van der Waals surface area contributed by atoms with E-state index >= 15 is 0 Å². The van der Waals surface area contributed by atoms with Crippen LogP contribution in [0.1, 0.15) is 64.7 Å². The molecule has 0 aromatic rings. The summed E-state index contributed by atoms with van der Waals surface area (Å²) in [5.41, 5.74) is 0. The Morgan fingerprint density at radius 1 is 0.667 bits per heavy atom. The van der Waals surface area contributed by atoms with Crippen molar-refractivity contribution in [1.82, 2.24) is 0 Å². The van der Waals surface area contributed by atoms with E-state index in [0.29, 0.717) is 0 Å². The van der Waals surface area contributed by atoms with Gasteiger partial charge in [0.25, 0.3) is 0 Å². The minimum atomic E-state index is 1.37. The second-order valence-corrected chi connectivity index (χ2v) is 4.83. The zero-order chi connectivity index (χ0) is 9.07. The van der Waals surface area contributed by atoms with Crippen LogP contribution in [0, 0.1) is 0 Å². The SMILES string of the molecule is CCCCCCCCCC[CH2][Sb]. The van der Waals surface area contributed by atoms with Crippen molar-refractivity contribution in [3.8, 4) is 0 Å². The predicted octanol–water partition coefficient (Wildman–Crippen LogP) is 4.10. The van der Waals surface area contributed by atoms with Crippen molar-refractivity contribution in [2.24, 2.45) is 0 Å². The number of hydrogen-bond donors (Lipinski definition) is 0. The molecule has 0 spiro atoms. The molecule has 0 saturated heterocycles. The Kier molecular flexibility index (Phi) is 12.6. The van der Waals surface area contributed by atoms with Crippen molar-refractivity contribution in [3.63, 3.8) is 0 Å². The average Bonchev–Trinajstić information content (AvgIpc) is 2.10.